The molecule has 4 heteroatoms. The fraction of sp³-hybridized carbons (Fsp3) is 0.250. The first-order chi connectivity index (χ1) is 9.53. The second-order valence-electron chi connectivity index (χ2n) is 5.34. The number of nitrogens with one attached hydrogen (secondary N) is 1. The predicted octanol–water partition coefficient (Wildman–Crippen LogP) is 1.91. The lowest BCUT2D eigenvalue weighted by molar-refractivity contribution is 0.143. The third kappa shape index (κ3) is 2.49. The molecule has 0 atom stereocenters. The minimum atomic E-state index is -1.01. The smallest absolute Gasteiger partial charge is 0.120 e. The Labute approximate surface area is 117 Å². The van der Waals surface area contributed by atoms with Crippen LogP contribution in [-0.4, -0.2) is 25.9 Å². The highest BCUT2D eigenvalue weighted by atomic mass is 16.3. The van der Waals surface area contributed by atoms with Gasteiger partial charge in [0.15, 0.2) is 0 Å². The van der Waals surface area contributed by atoms with Crippen molar-refractivity contribution in [3.05, 3.63) is 53.1 Å². The van der Waals surface area contributed by atoms with Crippen molar-refractivity contribution in [3.63, 3.8) is 0 Å². The van der Waals surface area contributed by atoms with Crippen LogP contribution >= 0.6 is 0 Å². The minimum Gasteiger partial charge on any atom is -0.378 e. The van der Waals surface area contributed by atoms with Gasteiger partial charge in [0.2, 0.25) is 0 Å². The summed E-state index contributed by atoms with van der Waals surface area (Å²) in [5, 5.41) is 16.5. The van der Waals surface area contributed by atoms with Crippen LogP contribution < -0.4 is 0 Å². The highest BCUT2D eigenvalue weighted by molar-refractivity contribution is 5.84. The zero-order valence-corrected chi connectivity index (χ0v) is 11.4. The number of hydrogen-bond donors (Lipinski definition) is 2. The Morgan fingerprint density at radius 1 is 1.35 bits per heavy atom. The summed E-state index contributed by atoms with van der Waals surface area (Å²) in [7, 11) is 0. The molecule has 0 saturated carbocycles. The average molecular weight is 265 g/mol. The summed E-state index contributed by atoms with van der Waals surface area (Å²) in [6, 6.07) is 1.97. The molecule has 3 rings (SSSR count). The molecule has 2 aromatic heterocycles. The number of hydrogen-bond acceptors (Lipinski definition) is 3. The normalized spacial score (nSPS) is 13.4. The van der Waals surface area contributed by atoms with Crippen molar-refractivity contribution in [2.75, 3.05) is 0 Å². The molecule has 0 spiro atoms. The molecule has 2 aromatic rings. The standard InChI is InChI=1S/C16H15N3O/c1-16(2,20)6-5-13-7-15-11(8-17-13)3-4-14(15)12-9-18-19-10-12/h4,7-10,20H,3H2,1-2H3,(H,18,19). The average Bonchev–Trinajstić information content (AvgIpc) is 3.03. The molecule has 0 radical (unpaired) electrons. The molecule has 0 unspecified atom stereocenters. The van der Waals surface area contributed by atoms with Gasteiger partial charge in [0, 0.05) is 18.0 Å². The van der Waals surface area contributed by atoms with Crippen LogP contribution in [0.4, 0.5) is 0 Å². The van der Waals surface area contributed by atoms with E-state index in [2.05, 4.69) is 33.1 Å². The largest absolute Gasteiger partial charge is 0.378 e. The zero-order valence-electron chi connectivity index (χ0n) is 11.4. The van der Waals surface area contributed by atoms with Gasteiger partial charge in [-0.15, -0.1) is 0 Å². The molecule has 0 amide bonds. The Bertz CT molecular complexity index is 725. The van der Waals surface area contributed by atoms with Gasteiger partial charge < -0.3 is 5.11 Å². The van der Waals surface area contributed by atoms with Gasteiger partial charge in [-0.05, 0) is 49.0 Å². The van der Waals surface area contributed by atoms with Gasteiger partial charge in [-0.3, -0.25) is 5.10 Å². The molecule has 1 aliphatic carbocycles. The van der Waals surface area contributed by atoms with Crippen LogP contribution in [0.2, 0.25) is 0 Å². The second kappa shape index (κ2) is 4.62. The monoisotopic (exact) mass is 265 g/mol. The molecule has 0 aromatic carbocycles. The molecule has 100 valence electrons. The van der Waals surface area contributed by atoms with Crippen LogP contribution in [0.3, 0.4) is 0 Å². The highest BCUT2D eigenvalue weighted by Gasteiger charge is 2.17. The van der Waals surface area contributed by atoms with E-state index in [0.29, 0.717) is 5.69 Å². The summed E-state index contributed by atoms with van der Waals surface area (Å²) >= 11 is 0. The van der Waals surface area contributed by atoms with Crippen molar-refractivity contribution in [3.8, 4) is 11.8 Å². The lowest BCUT2D eigenvalue weighted by Gasteiger charge is -2.07. The van der Waals surface area contributed by atoms with Gasteiger partial charge in [0.05, 0.1) is 6.20 Å². The van der Waals surface area contributed by atoms with E-state index < -0.39 is 5.60 Å². The molecule has 1 aliphatic rings. The van der Waals surface area contributed by atoms with Gasteiger partial charge >= 0.3 is 0 Å². The van der Waals surface area contributed by atoms with Crippen molar-refractivity contribution in [2.45, 2.75) is 25.9 Å². The Balaban J connectivity index is 1.99. The first-order valence-electron chi connectivity index (χ1n) is 6.47. The van der Waals surface area contributed by atoms with Crippen LogP contribution in [0.1, 0.15) is 36.2 Å². The number of H-pyrrole nitrogens is 1. The number of allylic oxidation sites excluding steroid dienone is 1. The van der Waals surface area contributed by atoms with E-state index in [9.17, 15) is 5.11 Å². The van der Waals surface area contributed by atoms with Crippen molar-refractivity contribution < 1.29 is 5.11 Å². The van der Waals surface area contributed by atoms with Gasteiger partial charge in [-0.1, -0.05) is 12.0 Å². The Morgan fingerprint density at radius 2 is 2.20 bits per heavy atom. The van der Waals surface area contributed by atoms with Crippen molar-refractivity contribution >= 4 is 5.57 Å². The molecular weight excluding hydrogens is 250 g/mol. The summed E-state index contributed by atoms with van der Waals surface area (Å²) in [5.41, 5.74) is 4.21. The predicted molar refractivity (Wildman–Crippen MR) is 76.8 cm³/mol. The first-order valence-corrected chi connectivity index (χ1v) is 6.47. The summed E-state index contributed by atoms with van der Waals surface area (Å²) in [6.07, 6.45) is 8.59. The van der Waals surface area contributed by atoms with E-state index in [1.165, 1.54) is 5.56 Å². The molecule has 20 heavy (non-hydrogen) atoms. The number of fused-ring (bicyclic) bond motifs is 1. The molecule has 0 fully saturated rings. The summed E-state index contributed by atoms with van der Waals surface area (Å²) in [4.78, 5) is 4.33. The van der Waals surface area contributed by atoms with Crippen molar-refractivity contribution in [2.24, 2.45) is 0 Å². The number of nitrogens with zero attached hydrogens (tertiary/aromatic N) is 2. The summed E-state index contributed by atoms with van der Waals surface area (Å²) < 4.78 is 0. The van der Waals surface area contributed by atoms with E-state index in [4.69, 9.17) is 0 Å². The number of aromatic nitrogens is 3. The minimum absolute atomic E-state index is 0.669. The molecule has 0 bridgehead atoms. The van der Waals surface area contributed by atoms with E-state index in [1.807, 2.05) is 24.7 Å². The second-order valence-corrected chi connectivity index (χ2v) is 5.34. The number of aromatic amines is 1. The fourth-order valence-electron chi connectivity index (χ4n) is 2.18. The van der Waals surface area contributed by atoms with E-state index in [1.54, 1.807) is 13.8 Å². The van der Waals surface area contributed by atoms with Crippen LogP contribution in [0.25, 0.3) is 5.57 Å². The Kier molecular flexibility index (Phi) is 2.92. The van der Waals surface area contributed by atoms with Gasteiger partial charge in [-0.2, -0.15) is 5.10 Å². The first kappa shape index (κ1) is 12.6. The van der Waals surface area contributed by atoms with Crippen LogP contribution in [0.5, 0.6) is 0 Å². The summed E-state index contributed by atoms with van der Waals surface area (Å²) in [5.74, 6) is 5.70. The van der Waals surface area contributed by atoms with Gasteiger partial charge in [0.25, 0.3) is 0 Å². The lowest BCUT2D eigenvalue weighted by Crippen LogP contribution is -2.14. The maximum atomic E-state index is 9.65. The number of pyridine rings is 1. The zero-order chi connectivity index (χ0) is 14.2. The van der Waals surface area contributed by atoms with Crippen molar-refractivity contribution in [1.29, 1.82) is 0 Å². The topological polar surface area (TPSA) is 61.8 Å². The Morgan fingerprint density at radius 3 is 2.90 bits per heavy atom. The summed E-state index contributed by atoms with van der Waals surface area (Å²) in [6.45, 7) is 3.31. The van der Waals surface area contributed by atoms with Crippen molar-refractivity contribution in [1.82, 2.24) is 15.2 Å². The maximum absolute atomic E-state index is 9.65. The number of aliphatic hydroxyl groups is 1. The molecule has 0 saturated heterocycles. The lowest BCUT2D eigenvalue weighted by atomic mass is 10.0. The molecular formula is C16H15N3O. The van der Waals surface area contributed by atoms with E-state index in [-0.39, 0.29) is 0 Å². The van der Waals surface area contributed by atoms with Crippen LogP contribution in [0, 0.1) is 11.8 Å². The third-order valence-electron chi connectivity index (χ3n) is 3.11. The fourth-order valence-corrected chi connectivity index (χ4v) is 2.18. The maximum Gasteiger partial charge on any atom is 0.120 e. The molecule has 2 N–H and O–H groups in total. The SMILES string of the molecule is CC(C)(O)C#Cc1cc2c(cn1)CC=C2c1cn[nH]c1. The molecule has 4 nitrogen and oxygen atoms in total. The quantitative estimate of drug-likeness (QED) is 0.774. The molecule has 0 aliphatic heterocycles. The van der Waals surface area contributed by atoms with E-state index >= 15 is 0 Å². The molecule has 2 heterocycles. The number of rotatable bonds is 1. The van der Waals surface area contributed by atoms with E-state index in [0.717, 1.165) is 23.1 Å². The van der Waals surface area contributed by atoms with Gasteiger partial charge in [-0.25, -0.2) is 4.98 Å². The third-order valence-corrected chi connectivity index (χ3v) is 3.11. The highest BCUT2D eigenvalue weighted by Crippen LogP contribution is 2.32. The Hall–Kier alpha value is -2.38. The van der Waals surface area contributed by atoms with Crippen LogP contribution in [-0.2, 0) is 6.42 Å². The van der Waals surface area contributed by atoms with Gasteiger partial charge in [0.1, 0.15) is 11.3 Å². The van der Waals surface area contributed by atoms with Crippen LogP contribution in [0.15, 0.2) is 30.7 Å².